The molecule has 1 heterocycles. The van der Waals surface area contributed by atoms with Crippen LogP contribution in [-0.2, 0) is 12.8 Å². The van der Waals surface area contributed by atoms with E-state index >= 15 is 0 Å². The van der Waals surface area contributed by atoms with Crippen molar-refractivity contribution in [2.24, 2.45) is 0 Å². The predicted octanol–water partition coefficient (Wildman–Crippen LogP) is 5.05. The van der Waals surface area contributed by atoms with E-state index in [0.29, 0.717) is 0 Å². The van der Waals surface area contributed by atoms with Crippen molar-refractivity contribution in [3.8, 4) is 0 Å². The van der Waals surface area contributed by atoms with E-state index in [-0.39, 0.29) is 0 Å². The van der Waals surface area contributed by atoms with E-state index < -0.39 is 0 Å². The molecule has 0 N–H and O–H groups in total. The minimum atomic E-state index is 1.30. The van der Waals surface area contributed by atoms with Crippen LogP contribution in [0.25, 0.3) is 0 Å². The van der Waals surface area contributed by atoms with Gasteiger partial charge in [0.05, 0.1) is 0 Å². The maximum atomic E-state index is 2.29. The molecule has 0 aliphatic carbocycles. The summed E-state index contributed by atoms with van der Waals surface area (Å²) in [7, 11) is 0. The van der Waals surface area contributed by atoms with Crippen LogP contribution in [0.2, 0.25) is 0 Å². The molecule has 1 aromatic heterocycles. The van der Waals surface area contributed by atoms with Crippen molar-refractivity contribution >= 4 is 11.3 Å². The van der Waals surface area contributed by atoms with E-state index in [4.69, 9.17) is 0 Å². The van der Waals surface area contributed by atoms with Crippen LogP contribution < -0.4 is 0 Å². The third kappa shape index (κ3) is 3.34. The highest BCUT2D eigenvalue weighted by Crippen LogP contribution is 2.30. The molecule has 0 radical (unpaired) electrons. The second-order valence-corrected chi connectivity index (χ2v) is 5.81. The third-order valence-corrected chi connectivity index (χ3v) is 4.19. The van der Waals surface area contributed by atoms with Crippen LogP contribution in [0.3, 0.4) is 0 Å². The van der Waals surface area contributed by atoms with Gasteiger partial charge in [-0.25, -0.2) is 0 Å². The Balaban J connectivity index is 2.80. The Morgan fingerprint density at radius 2 is 1.20 bits per heavy atom. The zero-order valence-corrected chi connectivity index (χ0v) is 11.5. The Morgan fingerprint density at radius 3 is 1.53 bits per heavy atom. The van der Waals surface area contributed by atoms with Crippen molar-refractivity contribution in [2.75, 3.05) is 0 Å². The molecule has 0 fully saturated rings. The van der Waals surface area contributed by atoms with Crippen molar-refractivity contribution in [2.45, 2.75) is 66.2 Å². The van der Waals surface area contributed by atoms with E-state index in [0.717, 1.165) is 0 Å². The molecule has 1 heteroatoms. The largest absolute Gasteiger partial charge is 0.145 e. The molecule has 86 valence electrons. The Hall–Kier alpha value is -0.300. The minimum absolute atomic E-state index is 1.30. The van der Waals surface area contributed by atoms with Crippen molar-refractivity contribution in [1.29, 1.82) is 0 Å². The van der Waals surface area contributed by atoms with Crippen molar-refractivity contribution in [1.82, 2.24) is 0 Å². The van der Waals surface area contributed by atoms with Crippen LogP contribution >= 0.6 is 11.3 Å². The number of hydrogen-bond acceptors (Lipinski definition) is 1. The predicted molar refractivity (Wildman–Crippen MR) is 71.0 cm³/mol. The summed E-state index contributed by atoms with van der Waals surface area (Å²) in [6.07, 6.45) is 7.90. The van der Waals surface area contributed by atoms with Crippen molar-refractivity contribution in [3.05, 3.63) is 20.9 Å². The van der Waals surface area contributed by atoms with Gasteiger partial charge in [0.2, 0.25) is 0 Å². The molecule has 1 rings (SSSR count). The summed E-state index contributed by atoms with van der Waals surface area (Å²) in [4.78, 5) is 3.12. The molecular weight excluding hydrogens is 200 g/mol. The van der Waals surface area contributed by atoms with Gasteiger partial charge in [-0.3, -0.25) is 0 Å². The molecule has 15 heavy (non-hydrogen) atoms. The first-order valence-electron chi connectivity index (χ1n) is 6.28. The summed E-state index contributed by atoms with van der Waals surface area (Å²) in [5, 5.41) is 0. The molecule has 0 atom stereocenters. The maximum absolute atomic E-state index is 2.29. The number of thiophene rings is 1. The van der Waals surface area contributed by atoms with Crippen molar-refractivity contribution in [3.63, 3.8) is 0 Å². The van der Waals surface area contributed by atoms with E-state index in [1.54, 1.807) is 20.9 Å². The van der Waals surface area contributed by atoms with E-state index in [9.17, 15) is 0 Å². The zero-order valence-electron chi connectivity index (χ0n) is 10.7. The smallest absolute Gasteiger partial charge is 0.00518 e. The summed E-state index contributed by atoms with van der Waals surface area (Å²) >= 11 is 2.00. The SMILES string of the molecule is CCCCc1c(C)sc(C)c1CCCC. The van der Waals surface area contributed by atoms with Gasteiger partial charge in [0.15, 0.2) is 0 Å². The lowest BCUT2D eigenvalue weighted by molar-refractivity contribution is 0.757. The normalized spacial score (nSPS) is 10.9. The Bertz CT molecular complexity index is 268. The second kappa shape index (κ2) is 6.32. The summed E-state index contributed by atoms with van der Waals surface area (Å²) in [5.74, 6) is 0. The summed E-state index contributed by atoms with van der Waals surface area (Å²) < 4.78 is 0. The van der Waals surface area contributed by atoms with Crippen molar-refractivity contribution < 1.29 is 0 Å². The topological polar surface area (TPSA) is 0 Å². The fraction of sp³-hybridized carbons (Fsp3) is 0.714. The molecule has 0 bridgehead atoms. The highest BCUT2D eigenvalue weighted by atomic mass is 32.1. The summed E-state index contributed by atoms with van der Waals surface area (Å²) in [6.45, 7) is 9.14. The highest BCUT2D eigenvalue weighted by molar-refractivity contribution is 7.12. The zero-order chi connectivity index (χ0) is 11.3. The number of unbranched alkanes of at least 4 members (excludes halogenated alkanes) is 2. The van der Waals surface area contributed by atoms with Gasteiger partial charge in [0.25, 0.3) is 0 Å². The van der Waals surface area contributed by atoms with Crippen LogP contribution in [-0.4, -0.2) is 0 Å². The Labute approximate surface area is 98.7 Å². The van der Waals surface area contributed by atoms with Gasteiger partial charge in [0, 0.05) is 9.75 Å². The van der Waals surface area contributed by atoms with Gasteiger partial charge in [-0.15, -0.1) is 11.3 Å². The summed E-state index contributed by atoms with van der Waals surface area (Å²) in [5.41, 5.74) is 3.35. The van der Waals surface area contributed by atoms with Crippen LogP contribution in [0.1, 0.15) is 60.4 Å². The fourth-order valence-corrected chi connectivity index (χ4v) is 3.29. The Kier molecular flexibility index (Phi) is 5.38. The standard InChI is InChI=1S/C14H24S/c1-5-7-9-13-11(3)15-12(4)14(13)10-8-6-2/h5-10H2,1-4H3. The van der Waals surface area contributed by atoms with E-state index in [1.807, 2.05) is 11.3 Å². The van der Waals surface area contributed by atoms with Gasteiger partial charge in [0.1, 0.15) is 0 Å². The summed E-state index contributed by atoms with van der Waals surface area (Å²) in [6, 6.07) is 0. The molecule has 0 aromatic carbocycles. The molecule has 0 aliphatic rings. The number of hydrogen-bond donors (Lipinski definition) is 0. The average Bonchev–Trinajstić information content (AvgIpc) is 2.47. The fourth-order valence-electron chi connectivity index (χ4n) is 2.14. The first kappa shape index (κ1) is 12.8. The molecule has 1 aromatic rings. The van der Waals surface area contributed by atoms with Gasteiger partial charge >= 0.3 is 0 Å². The van der Waals surface area contributed by atoms with Crippen LogP contribution in [0.4, 0.5) is 0 Å². The third-order valence-electron chi connectivity index (χ3n) is 3.08. The monoisotopic (exact) mass is 224 g/mol. The molecule has 0 saturated heterocycles. The van der Waals surface area contributed by atoms with Gasteiger partial charge in [-0.1, -0.05) is 26.7 Å². The Morgan fingerprint density at radius 1 is 0.800 bits per heavy atom. The lowest BCUT2D eigenvalue weighted by Gasteiger charge is -2.05. The molecule has 0 aliphatic heterocycles. The second-order valence-electron chi connectivity index (χ2n) is 4.38. The van der Waals surface area contributed by atoms with Gasteiger partial charge in [-0.2, -0.15) is 0 Å². The number of rotatable bonds is 6. The molecular formula is C14H24S. The van der Waals surface area contributed by atoms with Gasteiger partial charge in [-0.05, 0) is 50.7 Å². The minimum Gasteiger partial charge on any atom is -0.145 e. The lowest BCUT2D eigenvalue weighted by atomic mass is 9.99. The van der Waals surface area contributed by atoms with Gasteiger partial charge < -0.3 is 0 Å². The van der Waals surface area contributed by atoms with E-state index in [1.165, 1.54) is 38.5 Å². The molecule has 0 nitrogen and oxygen atoms in total. The molecule has 0 amide bonds. The highest BCUT2D eigenvalue weighted by Gasteiger charge is 2.11. The first-order chi connectivity index (χ1) is 7.20. The average molecular weight is 224 g/mol. The lowest BCUT2D eigenvalue weighted by Crippen LogP contribution is -1.94. The van der Waals surface area contributed by atoms with Crippen LogP contribution in [0.15, 0.2) is 0 Å². The van der Waals surface area contributed by atoms with E-state index in [2.05, 4.69) is 27.7 Å². The maximum Gasteiger partial charge on any atom is 0.00518 e. The quantitative estimate of drug-likeness (QED) is 0.634. The van der Waals surface area contributed by atoms with Crippen LogP contribution in [0.5, 0.6) is 0 Å². The van der Waals surface area contributed by atoms with Crippen LogP contribution in [0, 0.1) is 13.8 Å². The molecule has 0 saturated carbocycles. The molecule has 0 unspecified atom stereocenters. The molecule has 0 spiro atoms. The number of aryl methyl sites for hydroxylation is 2. The first-order valence-corrected chi connectivity index (χ1v) is 7.10.